The molecule has 2 rings (SSSR count). The second-order valence-electron chi connectivity index (χ2n) is 6.21. The fourth-order valence-electron chi connectivity index (χ4n) is 2.62. The van der Waals surface area contributed by atoms with Crippen LogP contribution in [-0.2, 0) is 9.59 Å². The third kappa shape index (κ3) is 5.16. The number of rotatable bonds is 6. The summed E-state index contributed by atoms with van der Waals surface area (Å²) < 4.78 is 0. The fraction of sp³-hybridized carbons (Fsp3) is 0.316. The summed E-state index contributed by atoms with van der Waals surface area (Å²) in [6.07, 6.45) is 0. The van der Waals surface area contributed by atoms with Crippen molar-refractivity contribution in [1.29, 1.82) is 0 Å². The molecule has 0 bridgehead atoms. The maximum atomic E-state index is 12.1. The first-order valence-corrected chi connectivity index (χ1v) is 9.15. The van der Waals surface area contributed by atoms with Gasteiger partial charge >= 0.3 is 0 Å². The molecule has 0 saturated carbocycles. The number of nitrogens with one attached hydrogen (secondary N) is 3. The summed E-state index contributed by atoms with van der Waals surface area (Å²) in [7, 11) is 0. The van der Waals surface area contributed by atoms with Gasteiger partial charge in [-0.2, -0.15) is 0 Å². The lowest BCUT2D eigenvalue weighted by Gasteiger charge is -2.15. The standard InChI is InChI=1S/C19H23N3O3S/c1-11-8-12(2)17(13(3)9-11)22-16(23)10-20-18(24)14(4)21-19(25)15-6-5-7-26-15/h5-9,14H,10H2,1-4H3,(H,20,24)(H,21,25)(H,22,23). The average Bonchev–Trinajstić information content (AvgIpc) is 3.10. The molecule has 7 heteroatoms. The van der Waals surface area contributed by atoms with E-state index in [2.05, 4.69) is 16.0 Å². The normalized spacial score (nSPS) is 11.5. The van der Waals surface area contributed by atoms with Gasteiger partial charge in [-0.1, -0.05) is 23.8 Å². The number of benzene rings is 1. The van der Waals surface area contributed by atoms with E-state index in [0.717, 1.165) is 22.4 Å². The van der Waals surface area contributed by atoms with Crippen LogP contribution in [0, 0.1) is 20.8 Å². The lowest BCUT2D eigenvalue weighted by atomic mass is 10.1. The second kappa shape index (κ2) is 8.62. The summed E-state index contributed by atoms with van der Waals surface area (Å²) in [6.45, 7) is 7.27. The van der Waals surface area contributed by atoms with Crippen LogP contribution in [0.1, 0.15) is 33.3 Å². The third-order valence-corrected chi connectivity index (χ3v) is 4.72. The second-order valence-corrected chi connectivity index (χ2v) is 7.16. The summed E-state index contributed by atoms with van der Waals surface area (Å²) in [5.41, 5.74) is 3.83. The first-order chi connectivity index (χ1) is 12.3. The SMILES string of the molecule is Cc1cc(C)c(NC(=O)CNC(=O)C(C)NC(=O)c2cccs2)c(C)c1. The van der Waals surface area contributed by atoms with E-state index >= 15 is 0 Å². The average molecular weight is 373 g/mol. The lowest BCUT2D eigenvalue weighted by molar-refractivity contribution is -0.125. The Morgan fingerprint density at radius 1 is 1.12 bits per heavy atom. The minimum Gasteiger partial charge on any atom is -0.345 e. The zero-order chi connectivity index (χ0) is 19.3. The molecule has 3 N–H and O–H groups in total. The van der Waals surface area contributed by atoms with Gasteiger partial charge in [0.1, 0.15) is 6.04 Å². The molecule has 3 amide bonds. The Hall–Kier alpha value is -2.67. The molecule has 0 radical (unpaired) electrons. The Bertz CT molecular complexity index is 792. The summed E-state index contributed by atoms with van der Waals surface area (Å²) in [5, 5.41) is 9.76. The molecule has 1 heterocycles. The van der Waals surface area contributed by atoms with Crippen LogP contribution in [0.3, 0.4) is 0 Å². The van der Waals surface area contributed by atoms with Crippen molar-refractivity contribution >= 4 is 34.7 Å². The van der Waals surface area contributed by atoms with Crippen molar-refractivity contribution in [3.63, 3.8) is 0 Å². The van der Waals surface area contributed by atoms with Gasteiger partial charge in [-0.3, -0.25) is 14.4 Å². The Labute approximate surface area is 157 Å². The van der Waals surface area contributed by atoms with Gasteiger partial charge in [0, 0.05) is 5.69 Å². The van der Waals surface area contributed by atoms with Gasteiger partial charge in [0.15, 0.2) is 0 Å². The molecular weight excluding hydrogens is 350 g/mol. The Morgan fingerprint density at radius 2 is 1.77 bits per heavy atom. The highest BCUT2D eigenvalue weighted by Gasteiger charge is 2.18. The highest BCUT2D eigenvalue weighted by atomic mass is 32.1. The maximum Gasteiger partial charge on any atom is 0.261 e. The molecule has 0 aliphatic carbocycles. The van der Waals surface area contributed by atoms with Gasteiger partial charge in [-0.05, 0) is 50.3 Å². The Morgan fingerprint density at radius 3 is 2.35 bits per heavy atom. The van der Waals surface area contributed by atoms with E-state index in [0.29, 0.717) is 4.88 Å². The zero-order valence-electron chi connectivity index (χ0n) is 15.3. The molecule has 0 aliphatic rings. The minimum absolute atomic E-state index is 0.162. The van der Waals surface area contributed by atoms with Gasteiger partial charge in [-0.15, -0.1) is 11.3 Å². The van der Waals surface area contributed by atoms with E-state index in [1.807, 2.05) is 32.9 Å². The number of carbonyl (C=O) groups excluding carboxylic acids is 3. The lowest BCUT2D eigenvalue weighted by Crippen LogP contribution is -2.46. The molecule has 1 aromatic carbocycles. The summed E-state index contributed by atoms with van der Waals surface area (Å²) in [6, 6.07) is 6.70. The van der Waals surface area contributed by atoms with Gasteiger partial charge in [0.25, 0.3) is 5.91 Å². The van der Waals surface area contributed by atoms with Crippen LogP contribution in [0.25, 0.3) is 0 Å². The quantitative estimate of drug-likeness (QED) is 0.727. The highest BCUT2D eigenvalue weighted by molar-refractivity contribution is 7.12. The minimum atomic E-state index is -0.736. The smallest absolute Gasteiger partial charge is 0.261 e. The van der Waals surface area contributed by atoms with E-state index < -0.39 is 11.9 Å². The summed E-state index contributed by atoms with van der Waals surface area (Å²) in [4.78, 5) is 36.7. The van der Waals surface area contributed by atoms with E-state index in [1.54, 1.807) is 24.4 Å². The highest BCUT2D eigenvalue weighted by Crippen LogP contribution is 2.21. The molecule has 26 heavy (non-hydrogen) atoms. The van der Waals surface area contributed by atoms with Crippen LogP contribution in [0.5, 0.6) is 0 Å². The van der Waals surface area contributed by atoms with Crippen LogP contribution in [-0.4, -0.2) is 30.3 Å². The maximum absolute atomic E-state index is 12.1. The molecule has 1 unspecified atom stereocenters. The van der Waals surface area contributed by atoms with Crippen LogP contribution >= 0.6 is 11.3 Å². The van der Waals surface area contributed by atoms with E-state index in [1.165, 1.54) is 11.3 Å². The number of anilines is 1. The van der Waals surface area contributed by atoms with Crippen molar-refractivity contribution < 1.29 is 14.4 Å². The first-order valence-electron chi connectivity index (χ1n) is 8.27. The number of carbonyl (C=O) groups is 3. The van der Waals surface area contributed by atoms with Crippen molar-refractivity contribution in [3.8, 4) is 0 Å². The van der Waals surface area contributed by atoms with Crippen molar-refractivity contribution in [3.05, 3.63) is 51.2 Å². The molecule has 0 aliphatic heterocycles. The van der Waals surface area contributed by atoms with Crippen LogP contribution in [0.2, 0.25) is 0 Å². The fourth-order valence-corrected chi connectivity index (χ4v) is 3.25. The number of thiophene rings is 1. The molecular formula is C19H23N3O3S. The molecule has 138 valence electrons. The van der Waals surface area contributed by atoms with Gasteiger partial charge in [-0.25, -0.2) is 0 Å². The van der Waals surface area contributed by atoms with E-state index in [9.17, 15) is 14.4 Å². The largest absolute Gasteiger partial charge is 0.345 e. The third-order valence-electron chi connectivity index (χ3n) is 3.85. The molecule has 1 aromatic heterocycles. The number of hydrogen-bond donors (Lipinski definition) is 3. The van der Waals surface area contributed by atoms with Crippen molar-refractivity contribution in [2.75, 3.05) is 11.9 Å². The molecule has 0 fully saturated rings. The molecule has 0 saturated heterocycles. The molecule has 6 nitrogen and oxygen atoms in total. The van der Waals surface area contributed by atoms with Gasteiger partial charge in [0.05, 0.1) is 11.4 Å². The molecule has 1 atom stereocenters. The summed E-state index contributed by atoms with van der Waals surface area (Å²) >= 11 is 1.30. The topological polar surface area (TPSA) is 87.3 Å². The zero-order valence-corrected chi connectivity index (χ0v) is 16.1. The van der Waals surface area contributed by atoms with E-state index in [4.69, 9.17) is 0 Å². The Balaban J connectivity index is 1.85. The first kappa shape index (κ1) is 19.7. The van der Waals surface area contributed by atoms with Crippen LogP contribution < -0.4 is 16.0 Å². The Kier molecular flexibility index (Phi) is 6.52. The van der Waals surface area contributed by atoms with Crippen LogP contribution in [0.4, 0.5) is 5.69 Å². The summed E-state index contributed by atoms with van der Waals surface area (Å²) in [5.74, 6) is -1.04. The van der Waals surface area contributed by atoms with Gasteiger partial charge < -0.3 is 16.0 Å². The van der Waals surface area contributed by atoms with Crippen molar-refractivity contribution in [2.45, 2.75) is 33.7 Å². The molecule has 2 aromatic rings. The van der Waals surface area contributed by atoms with Crippen molar-refractivity contribution in [1.82, 2.24) is 10.6 Å². The van der Waals surface area contributed by atoms with Crippen molar-refractivity contribution in [2.24, 2.45) is 0 Å². The molecule has 0 spiro atoms. The predicted octanol–water partition coefficient (Wildman–Crippen LogP) is 2.55. The van der Waals surface area contributed by atoms with E-state index in [-0.39, 0.29) is 18.4 Å². The van der Waals surface area contributed by atoms with Gasteiger partial charge in [0.2, 0.25) is 11.8 Å². The number of aryl methyl sites for hydroxylation is 3. The monoisotopic (exact) mass is 373 g/mol. The predicted molar refractivity (Wildman–Crippen MR) is 104 cm³/mol. The van der Waals surface area contributed by atoms with Crippen LogP contribution in [0.15, 0.2) is 29.6 Å². The number of amides is 3. The number of hydrogen-bond acceptors (Lipinski definition) is 4.